The lowest BCUT2D eigenvalue weighted by atomic mass is 10.1. The number of nitrogens with zero attached hydrogens (tertiary/aromatic N) is 5. The minimum absolute atomic E-state index is 0.0115. The third-order valence-electron chi connectivity index (χ3n) is 5.94. The largest absolute Gasteiger partial charge is 0.378 e. The van der Waals surface area contributed by atoms with Crippen LogP contribution in [0.15, 0.2) is 30.5 Å². The summed E-state index contributed by atoms with van der Waals surface area (Å²) in [5, 5.41) is 0. The number of ether oxygens (including phenoxy) is 1. The van der Waals surface area contributed by atoms with Gasteiger partial charge in [0.2, 0.25) is 11.9 Å². The zero-order valence-corrected chi connectivity index (χ0v) is 17.1. The van der Waals surface area contributed by atoms with E-state index >= 15 is 0 Å². The van der Waals surface area contributed by atoms with Crippen molar-refractivity contribution in [3.63, 3.8) is 0 Å². The standard InChI is InChI=1S/C22H23N5O4/c28-19(6-3-7-27-20(29)16-4-1-2-5-17(16)21(27)30)26-13-15-12-23-22(24-18(15)14-26)25-8-10-31-11-9-25/h1-2,4-5,12H,3,6-11,13-14H2. The lowest BCUT2D eigenvalue weighted by Gasteiger charge is -2.26. The van der Waals surface area contributed by atoms with Crippen molar-refractivity contribution >= 4 is 23.7 Å². The average Bonchev–Trinajstić information content (AvgIpc) is 3.34. The molecule has 160 valence electrons. The molecule has 2 aromatic rings. The Balaban J connectivity index is 1.15. The van der Waals surface area contributed by atoms with Gasteiger partial charge in [0.1, 0.15) is 0 Å². The zero-order chi connectivity index (χ0) is 21.4. The Morgan fingerprint density at radius 2 is 1.74 bits per heavy atom. The number of benzene rings is 1. The Morgan fingerprint density at radius 1 is 1.03 bits per heavy atom. The van der Waals surface area contributed by atoms with Crippen LogP contribution in [0.5, 0.6) is 0 Å². The van der Waals surface area contributed by atoms with Crippen LogP contribution in [0.4, 0.5) is 5.95 Å². The molecule has 0 N–H and O–H groups in total. The van der Waals surface area contributed by atoms with Crippen molar-refractivity contribution in [2.75, 3.05) is 37.7 Å². The summed E-state index contributed by atoms with van der Waals surface area (Å²) in [6, 6.07) is 6.81. The maximum atomic E-state index is 12.7. The highest BCUT2D eigenvalue weighted by Gasteiger charge is 2.35. The van der Waals surface area contributed by atoms with E-state index in [0.717, 1.165) is 24.3 Å². The van der Waals surface area contributed by atoms with E-state index in [2.05, 4.69) is 14.9 Å². The molecule has 31 heavy (non-hydrogen) atoms. The number of morpholine rings is 1. The predicted octanol–water partition coefficient (Wildman–Crippen LogP) is 1.23. The van der Waals surface area contributed by atoms with Gasteiger partial charge in [-0.1, -0.05) is 12.1 Å². The van der Waals surface area contributed by atoms with Crippen LogP contribution in [0, 0.1) is 0 Å². The van der Waals surface area contributed by atoms with Gasteiger partial charge < -0.3 is 14.5 Å². The minimum atomic E-state index is -0.285. The topological polar surface area (TPSA) is 95.9 Å². The smallest absolute Gasteiger partial charge is 0.261 e. The van der Waals surface area contributed by atoms with Gasteiger partial charge in [-0.25, -0.2) is 9.97 Å². The molecule has 0 spiro atoms. The van der Waals surface area contributed by atoms with E-state index in [1.807, 2.05) is 0 Å². The predicted molar refractivity (Wildman–Crippen MR) is 110 cm³/mol. The number of hydrogen-bond donors (Lipinski definition) is 0. The molecule has 0 unspecified atom stereocenters. The van der Waals surface area contributed by atoms with Gasteiger partial charge >= 0.3 is 0 Å². The van der Waals surface area contributed by atoms with Crippen LogP contribution in [-0.2, 0) is 22.6 Å². The molecule has 0 atom stereocenters. The first-order valence-corrected chi connectivity index (χ1v) is 10.5. The molecule has 0 radical (unpaired) electrons. The Kier molecular flexibility index (Phi) is 5.11. The number of anilines is 1. The van der Waals surface area contributed by atoms with E-state index in [-0.39, 0.29) is 30.7 Å². The highest BCUT2D eigenvalue weighted by atomic mass is 16.5. The second-order valence-electron chi connectivity index (χ2n) is 7.90. The summed E-state index contributed by atoms with van der Waals surface area (Å²) < 4.78 is 5.37. The van der Waals surface area contributed by atoms with Gasteiger partial charge in [-0.05, 0) is 18.6 Å². The molecule has 1 fully saturated rings. The molecule has 0 bridgehead atoms. The summed E-state index contributed by atoms with van der Waals surface area (Å²) in [5.41, 5.74) is 2.71. The average molecular weight is 421 g/mol. The fourth-order valence-electron chi connectivity index (χ4n) is 4.22. The number of amides is 3. The van der Waals surface area contributed by atoms with Gasteiger partial charge in [-0.2, -0.15) is 0 Å². The summed E-state index contributed by atoms with van der Waals surface area (Å²) in [7, 11) is 0. The Labute approximate surface area is 179 Å². The molecule has 3 aliphatic heterocycles. The van der Waals surface area contributed by atoms with Crippen LogP contribution in [0.25, 0.3) is 0 Å². The van der Waals surface area contributed by atoms with Crippen LogP contribution < -0.4 is 4.90 Å². The summed E-state index contributed by atoms with van der Waals surface area (Å²) in [6.07, 6.45) is 2.51. The number of hydrogen-bond acceptors (Lipinski definition) is 7. The van der Waals surface area contributed by atoms with Gasteiger partial charge in [-0.3, -0.25) is 19.3 Å². The monoisotopic (exact) mass is 421 g/mol. The summed E-state index contributed by atoms with van der Waals surface area (Å²) in [6.45, 7) is 4.04. The van der Waals surface area contributed by atoms with E-state index in [4.69, 9.17) is 4.74 Å². The molecule has 9 heteroatoms. The molecule has 5 rings (SSSR count). The third-order valence-corrected chi connectivity index (χ3v) is 5.94. The summed E-state index contributed by atoms with van der Waals surface area (Å²) >= 11 is 0. The first kappa shape index (κ1) is 19.6. The van der Waals surface area contributed by atoms with Crippen molar-refractivity contribution < 1.29 is 19.1 Å². The molecule has 3 amide bonds. The van der Waals surface area contributed by atoms with Crippen LogP contribution in [0.2, 0.25) is 0 Å². The zero-order valence-electron chi connectivity index (χ0n) is 17.1. The highest BCUT2D eigenvalue weighted by molar-refractivity contribution is 6.21. The number of fused-ring (bicyclic) bond motifs is 2. The third kappa shape index (κ3) is 3.65. The van der Waals surface area contributed by atoms with Crippen LogP contribution in [0.1, 0.15) is 44.8 Å². The van der Waals surface area contributed by atoms with Gasteiger partial charge in [0.05, 0.1) is 36.6 Å². The molecule has 0 saturated carbocycles. The molecule has 3 aliphatic rings. The SMILES string of the molecule is O=C(CCCN1C(=O)c2ccccc2C1=O)N1Cc2cnc(N3CCOCC3)nc2C1. The highest BCUT2D eigenvalue weighted by Crippen LogP contribution is 2.25. The summed E-state index contributed by atoms with van der Waals surface area (Å²) in [5.74, 6) is 0.101. The molecular formula is C22H23N5O4. The van der Waals surface area contributed by atoms with Crippen LogP contribution in [-0.4, -0.2) is 70.3 Å². The van der Waals surface area contributed by atoms with E-state index in [0.29, 0.717) is 49.8 Å². The first-order valence-electron chi connectivity index (χ1n) is 10.5. The maximum Gasteiger partial charge on any atom is 0.261 e. The van der Waals surface area contributed by atoms with Crippen LogP contribution in [0.3, 0.4) is 0 Å². The fourth-order valence-corrected chi connectivity index (χ4v) is 4.22. The van der Waals surface area contributed by atoms with Crippen LogP contribution >= 0.6 is 0 Å². The van der Waals surface area contributed by atoms with Gasteiger partial charge in [0, 0.05) is 44.4 Å². The molecule has 1 aromatic heterocycles. The van der Waals surface area contributed by atoms with Crippen molar-refractivity contribution in [1.29, 1.82) is 0 Å². The van der Waals surface area contributed by atoms with Crippen molar-refractivity contribution in [3.8, 4) is 0 Å². The van der Waals surface area contributed by atoms with E-state index in [1.165, 1.54) is 4.90 Å². The van der Waals surface area contributed by atoms with Crippen molar-refractivity contribution in [2.24, 2.45) is 0 Å². The number of rotatable bonds is 5. The van der Waals surface area contributed by atoms with Crippen molar-refractivity contribution in [1.82, 2.24) is 19.8 Å². The number of aromatic nitrogens is 2. The quantitative estimate of drug-likeness (QED) is 0.670. The lowest BCUT2D eigenvalue weighted by Crippen LogP contribution is -2.37. The molecular weight excluding hydrogens is 398 g/mol. The minimum Gasteiger partial charge on any atom is -0.378 e. The van der Waals surface area contributed by atoms with Gasteiger partial charge in [-0.15, -0.1) is 0 Å². The summed E-state index contributed by atoms with van der Waals surface area (Å²) in [4.78, 5) is 51.8. The number of imide groups is 1. The van der Waals surface area contributed by atoms with E-state index < -0.39 is 0 Å². The second kappa shape index (κ2) is 8.07. The first-order chi connectivity index (χ1) is 15.1. The normalized spacial score (nSPS) is 17.9. The Morgan fingerprint density at radius 3 is 2.45 bits per heavy atom. The molecule has 1 aromatic carbocycles. The number of carbonyl (C=O) groups excluding carboxylic acids is 3. The van der Waals surface area contributed by atoms with Crippen molar-refractivity contribution in [3.05, 3.63) is 52.8 Å². The van der Waals surface area contributed by atoms with E-state index in [1.54, 1.807) is 35.4 Å². The molecule has 9 nitrogen and oxygen atoms in total. The van der Waals surface area contributed by atoms with Gasteiger partial charge in [0.25, 0.3) is 11.8 Å². The van der Waals surface area contributed by atoms with E-state index in [9.17, 15) is 14.4 Å². The Hall–Kier alpha value is -3.33. The lowest BCUT2D eigenvalue weighted by molar-refractivity contribution is -0.132. The Bertz CT molecular complexity index is 1010. The van der Waals surface area contributed by atoms with Crippen molar-refractivity contribution in [2.45, 2.75) is 25.9 Å². The van der Waals surface area contributed by atoms with Gasteiger partial charge in [0.15, 0.2) is 0 Å². The molecule has 1 saturated heterocycles. The second-order valence-corrected chi connectivity index (χ2v) is 7.90. The fraction of sp³-hybridized carbons (Fsp3) is 0.409. The number of carbonyl (C=O) groups is 3. The maximum absolute atomic E-state index is 12.7. The molecule has 4 heterocycles. The molecule has 0 aliphatic carbocycles.